The molecule has 0 unspecified atom stereocenters. The minimum Gasteiger partial charge on any atom is -0.480 e. The SMILES string of the molecule is CC[C@H](C)[C@@H]([C@@H](CC(=O)NCCC[C@@H]1C[C@@]1(OC)[C@@H](C)C(=O)N[C@@H](C)C(=O)O)OC)N(C)C(=O)[C@@H](NC(=O)[C@H](C(C)C)N(C)CCCC(C)C)C(C)C. The zero-order valence-corrected chi connectivity index (χ0v) is 35.4. The van der Waals surface area contributed by atoms with Crippen LogP contribution in [0.3, 0.4) is 0 Å². The monoisotopic (exact) mass is 754 g/mol. The van der Waals surface area contributed by atoms with Crippen molar-refractivity contribution in [2.45, 2.75) is 150 Å². The summed E-state index contributed by atoms with van der Waals surface area (Å²) in [6.45, 7) is 20.8. The summed E-state index contributed by atoms with van der Waals surface area (Å²) >= 11 is 0. The lowest BCUT2D eigenvalue weighted by molar-refractivity contribution is -0.144. The van der Waals surface area contributed by atoms with Crippen molar-refractivity contribution in [3.63, 3.8) is 0 Å². The quantitative estimate of drug-likeness (QED) is 0.0942. The topological polar surface area (TPSA) is 167 Å². The molecule has 0 saturated heterocycles. The standard InChI is InChI=1S/C40H75N5O8/c1-15-27(8)35(45(12)38(49)33(25(4)5)43-37(48)34(26(6)7)44(11)21-17-18-24(2)3)31(52-13)22-32(46)41-20-16-19-30-23-40(30,53-14)28(9)36(47)42-29(10)39(50)51/h24-31,33-35H,15-23H2,1-14H3,(H,41,46)(H,42,47)(H,43,48)(H,50,51)/t27-,28-,29-,30+,31+,33-,34-,35-,40+/m0/s1. The van der Waals surface area contributed by atoms with Crippen LogP contribution in [0.1, 0.15) is 114 Å². The van der Waals surface area contributed by atoms with E-state index in [0.717, 1.165) is 32.2 Å². The van der Waals surface area contributed by atoms with Crippen LogP contribution in [0.4, 0.5) is 0 Å². The second kappa shape index (κ2) is 22.6. The number of hydrogen-bond donors (Lipinski definition) is 4. The zero-order chi connectivity index (χ0) is 40.8. The van der Waals surface area contributed by atoms with Gasteiger partial charge < -0.3 is 35.4 Å². The Labute approximate surface area is 320 Å². The maximum Gasteiger partial charge on any atom is 0.325 e. The lowest BCUT2D eigenvalue weighted by Gasteiger charge is -2.40. The number of ether oxygens (including phenoxy) is 2. The predicted molar refractivity (Wildman–Crippen MR) is 208 cm³/mol. The largest absolute Gasteiger partial charge is 0.480 e. The summed E-state index contributed by atoms with van der Waals surface area (Å²) in [4.78, 5) is 68.8. The Morgan fingerprint density at radius 1 is 0.887 bits per heavy atom. The molecule has 53 heavy (non-hydrogen) atoms. The van der Waals surface area contributed by atoms with Crippen LogP contribution in [0, 0.1) is 35.5 Å². The summed E-state index contributed by atoms with van der Waals surface area (Å²) in [6.07, 6.45) is 4.40. The summed E-state index contributed by atoms with van der Waals surface area (Å²) < 4.78 is 11.7. The predicted octanol–water partition coefficient (Wildman–Crippen LogP) is 4.32. The van der Waals surface area contributed by atoms with Gasteiger partial charge >= 0.3 is 5.97 Å². The van der Waals surface area contributed by atoms with Gasteiger partial charge in [-0.3, -0.25) is 28.9 Å². The number of hydrogen-bond acceptors (Lipinski definition) is 8. The average Bonchev–Trinajstić information content (AvgIpc) is 3.81. The number of carbonyl (C=O) groups is 5. The van der Waals surface area contributed by atoms with Gasteiger partial charge in [0.05, 0.1) is 36.1 Å². The van der Waals surface area contributed by atoms with E-state index in [4.69, 9.17) is 14.6 Å². The zero-order valence-electron chi connectivity index (χ0n) is 35.4. The summed E-state index contributed by atoms with van der Waals surface area (Å²) in [6, 6.07) is -2.52. The first-order chi connectivity index (χ1) is 24.7. The van der Waals surface area contributed by atoms with Gasteiger partial charge in [-0.25, -0.2) is 0 Å². The van der Waals surface area contributed by atoms with Crippen molar-refractivity contribution in [1.29, 1.82) is 0 Å². The van der Waals surface area contributed by atoms with E-state index < -0.39 is 41.7 Å². The molecule has 0 aliphatic heterocycles. The number of likely N-dealkylation sites (N-methyl/N-ethyl adjacent to an activating group) is 2. The molecule has 0 heterocycles. The van der Waals surface area contributed by atoms with Crippen molar-refractivity contribution >= 4 is 29.6 Å². The third-order valence-electron chi connectivity index (χ3n) is 11.4. The molecule has 13 heteroatoms. The first-order valence-electron chi connectivity index (χ1n) is 19.8. The maximum atomic E-state index is 14.2. The highest BCUT2D eigenvalue weighted by atomic mass is 16.5. The third kappa shape index (κ3) is 14.1. The van der Waals surface area contributed by atoms with Gasteiger partial charge in [-0.05, 0) is 82.2 Å². The van der Waals surface area contributed by atoms with E-state index in [2.05, 4.69) is 34.7 Å². The van der Waals surface area contributed by atoms with Gasteiger partial charge in [0.2, 0.25) is 23.6 Å². The van der Waals surface area contributed by atoms with E-state index >= 15 is 0 Å². The molecular weight excluding hydrogens is 678 g/mol. The number of carboxylic acids is 1. The molecule has 9 atom stereocenters. The molecule has 1 aliphatic rings. The highest BCUT2D eigenvalue weighted by Gasteiger charge is 2.59. The molecule has 1 saturated carbocycles. The van der Waals surface area contributed by atoms with Crippen LogP contribution in [-0.4, -0.2) is 122 Å². The van der Waals surface area contributed by atoms with Crippen LogP contribution < -0.4 is 16.0 Å². The van der Waals surface area contributed by atoms with Gasteiger partial charge in [0.15, 0.2) is 0 Å². The number of carboxylic acid groups (broad SMARTS) is 1. The number of aliphatic carboxylic acids is 1. The molecule has 308 valence electrons. The van der Waals surface area contributed by atoms with Gasteiger partial charge in [0.1, 0.15) is 12.1 Å². The molecule has 1 fully saturated rings. The van der Waals surface area contributed by atoms with Crippen LogP contribution >= 0.6 is 0 Å². The molecule has 4 amide bonds. The van der Waals surface area contributed by atoms with Crippen LogP contribution in [-0.2, 0) is 33.4 Å². The van der Waals surface area contributed by atoms with Crippen LogP contribution in [0.15, 0.2) is 0 Å². The Hall–Kier alpha value is -2.77. The Kier molecular flexibility index (Phi) is 20.5. The fraction of sp³-hybridized carbons (Fsp3) is 0.875. The fourth-order valence-electron chi connectivity index (χ4n) is 7.68. The first kappa shape index (κ1) is 48.2. The molecule has 0 aromatic rings. The van der Waals surface area contributed by atoms with Crippen molar-refractivity contribution in [2.75, 3.05) is 41.4 Å². The third-order valence-corrected chi connectivity index (χ3v) is 11.4. The highest BCUT2D eigenvalue weighted by Crippen LogP contribution is 2.54. The van der Waals surface area contributed by atoms with Crippen molar-refractivity contribution in [2.24, 2.45) is 35.5 Å². The van der Waals surface area contributed by atoms with Gasteiger partial charge in [0.25, 0.3) is 0 Å². The van der Waals surface area contributed by atoms with Crippen molar-refractivity contribution < 1.29 is 38.6 Å². The van der Waals surface area contributed by atoms with E-state index in [9.17, 15) is 24.0 Å². The van der Waals surface area contributed by atoms with Gasteiger partial charge in [-0.15, -0.1) is 0 Å². The lowest BCUT2D eigenvalue weighted by Crippen LogP contribution is -2.59. The fourth-order valence-corrected chi connectivity index (χ4v) is 7.68. The minimum absolute atomic E-state index is 0.00965. The van der Waals surface area contributed by atoms with E-state index in [1.54, 1.807) is 33.1 Å². The average molecular weight is 754 g/mol. The van der Waals surface area contributed by atoms with Crippen molar-refractivity contribution in [3.05, 3.63) is 0 Å². The number of nitrogens with one attached hydrogen (secondary N) is 3. The van der Waals surface area contributed by atoms with Crippen LogP contribution in [0.2, 0.25) is 0 Å². The normalized spacial score (nSPS) is 21.1. The van der Waals surface area contributed by atoms with Crippen molar-refractivity contribution in [3.8, 4) is 0 Å². The van der Waals surface area contributed by atoms with Crippen LogP contribution in [0.5, 0.6) is 0 Å². The Morgan fingerprint density at radius 2 is 1.51 bits per heavy atom. The Bertz CT molecular complexity index is 1180. The molecular formula is C40H75N5O8. The lowest BCUT2D eigenvalue weighted by atomic mass is 9.89. The molecule has 0 bridgehead atoms. The maximum absolute atomic E-state index is 14.2. The number of rotatable bonds is 26. The van der Waals surface area contributed by atoms with Gasteiger partial charge in [-0.1, -0.05) is 68.7 Å². The second-order valence-corrected chi connectivity index (χ2v) is 16.6. The van der Waals surface area contributed by atoms with Crippen molar-refractivity contribution in [1.82, 2.24) is 25.8 Å². The smallest absolute Gasteiger partial charge is 0.325 e. The molecule has 0 spiro atoms. The van der Waals surface area contributed by atoms with E-state index in [0.29, 0.717) is 25.3 Å². The highest BCUT2D eigenvalue weighted by molar-refractivity contribution is 5.90. The first-order valence-corrected chi connectivity index (χ1v) is 19.8. The number of carbonyl (C=O) groups excluding carboxylic acids is 4. The number of methoxy groups -OCH3 is 2. The molecule has 4 N–H and O–H groups in total. The molecule has 13 nitrogen and oxygen atoms in total. The summed E-state index contributed by atoms with van der Waals surface area (Å²) in [5, 5.41) is 17.8. The minimum atomic E-state index is -1.10. The van der Waals surface area contributed by atoms with E-state index in [1.165, 1.54) is 6.92 Å². The van der Waals surface area contributed by atoms with Crippen LogP contribution in [0.25, 0.3) is 0 Å². The number of nitrogens with zero attached hydrogens (tertiary/aromatic N) is 2. The molecule has 1 aliphatic carbocycles. The molecule has 0 aromatic carbocycles. The molecule has 1 rings (SSSR count). The number of amides is 4. The van der Waals surface area contributed by atoms with E-state index in [-0.39, 0.29) is 59.8 Å². The summed E-state index contributed by atoms with van der Waals surface area (Å²) in [5.74, 6) is -1.93. The second-order valence-electron chi connectivity index (χ2n) is 16.6. The summed E-state index contributed by atoms with van der Waals surface area (Å²) in [5.41, 5.74) is -0.652. The molecule has 0 radical (unpaired) electrons. The van der Waals surface area contributed by atoms with E-state index in [1.807, 2.05) is 48.6 Å². The summed E-state index contributed by atoms with van der Waals surface area (Å²) in [7, 11) is 6.84. The Morgan fingerprint density at radius 3 is 2.00 bits per heavy atom. The van der Waals surface area contributed by atoms with Gasteiger partial charge in [-0.2, -0.15) is 0 Å². The molecule has 0 aromatic heterocycles. The Balaban J connectivity index is 2.92. The van der Waals surface area contributed by atoms with Gasteiger partial charge in [0, 0.05) is 27.8 Å².